The first kappa shape index (κ1) is 29.9. The van der Waals surface area contributed by atoms with Crippen LogP contribution in [0, 0.1) is 0 Å². The van der Waals surface area contributed by atoms with Crippen LogP contribution < -0.4 is 26.8 Å². The number of imide groups is 2. The van der Waals surface area contributed by atoms with E-state index in [1.54, 1.807) is 31.2 Å². The van der Waals surface area contributed by atoms with Crippen molar-refractivity contribution in [3.63, 3.8) is 0 Å². The molecule has 2 aromatic carbocycles. The summed E-state index contributed by atoms with van der Waals surface area (Å²) >= 11 is 0. The molecule has 13 heteroatoms. The van der Waals surface area contributed by atoms with Crippen LogP contribution in [0.1, 0.15) is 77.3 Å². The molecular formula is C29H33N7O6. The highest BCUT2D eigenvalue weighted by molar-refractivity contribution is 6.24. The molecule has 0 aromatic heterocycles. The predicted octanol–water partition coefficient (Wildman–Crippen LogP) is 1.34. The van der Waals surface area contributed by atoms with Crippen molar-refractivity contribution in [2.24, 2.45) is 21.7 Å². The molecule has 220 valence electrons. The maximum absolute atomic E-state index is 13.1. The van der Waals surface area contributed by atoms with E-state index >= 15 is 0 Å². The molecule has 1 fully saturated rings. The van der Waals surface area contributed by atoms with E-state index in [1.165, 1.54) is 6.07 Å². The maximum Gasteiger partial charge on any atom is 0.266 e. The molecule has 2 heterocycles. The Morgan fingerprint density at radius 2 is 1.79 bits per heavy atom. The van der Waals surface area contributed by atoms with Gasteiger partial charge in [-0.05, 0) is 50.3 Å². The highest BCUT2D eigenvalue weighted by Crippen LogP contribution is 2.33. The van der Waals surface area contributed by atoms with Gasteiger partial charge < -0.3 is 21.5 Å². The molecule has 5 amide bonds. The molecular weight excluding hydrogens is 542 g/mol. The number of unbranched alkanes of at least 4 members (excludes halogenated alkanes) is 2. The number of fused-ring (bicyclic) bond motifs is 1. The third kappa shape index (κ3) is 7.16. The zero-order chi connectivity index (χ0) is 30.2. The van der Waals surface area contributed by atoms with E-state index in [4.69, 9.17) is 16.2 Å². The number of piperidine rings is 1. The molecule has 1 saturated heterocycles. The maximum atomic E-state index is 13.1. The summed E-state index contributed by atoms with van der Waals surface area (Å²) in [6.45, 7) is 2.27. The second-order valence-corrected chi connectivity index (χ2v) is 9.99. The average molecular weight is 576 g/mol. The summed E-state index contributed by atoms with van der Waals surface area (Å²) in [5.74, 6) is -1.55. The number of carbonyl (C=O) groups excluding carboxylic acids is 5. The first-order valence-electron chi connectivity index (χ1n) is 13.6. The Bertz CT molecular complexity index is 1450. The van der Waals surface area contributed by atoms with Crippen molar-refractivity contribution in [1.82, 2.24) is 15.5 Å². The van der Waals surface area contributed by atoms with Crippen LogP contribution in [0.2, 0.25) is 0 Å². The Kier molecular flexibility index (Phi) is 9.63. The Morgan fingerprint density at radius 1 is 1.02 bits per heavy atom. The summed E-state index contributed by atoms with van der Waals surface area (Å²) in [7, 11) is 0. The van der Waals surface area contributed by atoms with E-state index < -0.39 is 29.7 Å². The number of hydrogen-bond donors (Lipinski definition) is 4. The number of ether oxygens (including phenoxy) is 1. The van der Waals surface area contributed by atoms with Crippen molar-refractivity contribution >= 4 is 41.2 Å². The molecule has 13 nitrogen and oxygen atoms in total. The van der Waals surface area contributed by atoms with E-state index in [1.807, 2.05) is 12.1 Å². The zero-order valence-electron chi connectivity index (χ0n) is 23.2. The molecule has 1 unspecified atom stereocenters. The Balaban J connectivity index is 1.18. The fraction of sp³-hybridized carbons (Fsp3) is 0.345. The summed E-state index contributed by atoms with van der Waals surface area (Å²) in [6.07, 6.45) is 2.49. The summed E-state index contributed by atoms with van der Waals surface area (Å²) < 4.78 is 5.83. The number of amides is 5. The fourth-order valence-corrected chi connectivity index (χ4v) is 4.62. The van der Waals surface area contributed by atoms with Gasteiger partial charge in [-0.25, -0.2) is 0 Å². The lowest BCUT2D eigenvalue weighted by Gasteiger charge is -2.27. The molecule has 2 aliphatic rings. The third-order valence-electron chi connectivity index (χ3n) is 6.79. The summed E-state index contributed by atoms with van der Waals surface area (Å²) in [5, 5.41) is 12.6. The molecule has 0 bridgehead atoms. The molecule has 0 saturated carbocycles. The number of amidine groups is 2. The van der Waals surface area contributed by atoms with Gasteiger partial charge in [-0.1, -0.05) is 30.3 Å². The van der Waals surface area contributed by atoms with Gasteiger partial charge in [0.15, 0.2) is 5.84 Å². The van der Waals surface area contributed by atoms with Crippen molar-refractivity contribution in [2.75, 3.05) is 6.61 Å². The van der Waals surface area contributed by atoms with Crippen LogP contribution in [-0.2, 0) is 20.9 Å². The molecule has 0 aliphatic carbocycles. The highest BCUT2D eigenvalue weighted by atomic mass is 16.5. The van der Waals surface area contributed by atoms with Gasteiger partial charge in [-0.15, -0.1) is 10.2 Å². The van der Waals surface area contributed by atoms with Gasteiger partial charge in [-0.3, -0.25) is 34.2 Å². The normalized spacial score (nSPS) is 17.3. The summed E-state index contributed by atoms with van der Waals surface area (Å²) in [4.78, 5) is 63.0. The number of rotatable bonds is 12. The fourth-order valence-electron chi connectivity index (χ4n) is 4.62. The van der Waals surface area contributed by atoms with Crippen LogP contribution in [0.5, 0.6) is 5.75 Å². The lowest BCUT2D eigenvalue weighted by atomic mass is 10.0. The second kappa shape index (κ2) is 13.5. The number of nitrogens with one attached hydrogen (secondary N) is 2. The molecule has 6 N–H and O–H groups in total. The van der Waals surface area contributed by atoms with Crippen molar-refractivity contribution < 1.29 is 28.7 Å². The van der Waals surface area contributed by atoms with E-state index in [0.717, 1.165) is 16.9 Å². The lowest BCUT2D eigenvalue weighted by Crippen LogP contribution is -2.54. The quantitative estimate of drug-likeness (QED) is 0.0955. The van der Waals surface area contributed by atoms with Crippen LogP contribution in [0.15, 0.2) is 52.7 Å². The predicted molar refractivity (Wildman–Crippen MR) is 153 cm³/mol. The van der Waals surface area contributed by atoms with Crippen molar-refractivity contribution in [3.05, 3.63) is 64.7 Å². The topological polar surface area (TPSA) is 199 Å². The Hall–Kier alpha value is -5.07. The first-order valence-corrected chi connectivity index (χ1v) is 13.6. The first-order chi connectivity index (χ1) is 20.2. The Labute approximate surface area is 242 Å². The largest absolute Gasteiger partial charge is 0.493 e. The molecule has 0 radical (unpaired) electrons. The van der Waals surface area contributed by atoms with Crippen LogP contribution >= 0.6 is 0 Å². The van der Waals surface area contributed by atoms with Crippen LogP contribution in [0.3, 0.4) is 0 Å². The molecule has 1 atom stereocenters. The average Bonchev–Trinajstić information content (AvgIpc) is 3.22. The van der Waals surface area contributed by atoms with E-state index in [9.17, 15) is 24.0 Å². The molecule has 42 heavy (non-hydrogen) atoms. The molecule has 2 aliphatic heterocycles. The Morgan fingerprint density at radius 3 is 2.50 bits per heavy atom. The standard InChI is InChI=1S/C29H33N7O6/c1-17(30)34-35-26(31)19-11-9-18(10-12-19)16-32-23(37)8-3-2-4-15-42-22-7-5-6-20-25(22)29(41)36(28(20)40)21-13-14-24(38)33-27(21)39/h5-7,9-12,21H,2-4,8,13-16H2,1H3,(H2,30,34)(H2,31,35)(H,32,37)(H,33,38,39). The van der Waals surface area contributed by atoms with E-state index in [-0.39, 0.29) is 48.1 Å². The minimum Gasteiger partial charge on any atom is -0.493 e. The van der Waals surface area contributed by atoms with Crippen LogP contribution in [-0.4, -0.2) is 58.8 Å². The van der Waals surface area contributed by atoms with Crippen LogP contribution in [0.4, 0.5) is 0 Å². The third-order valence-corrected chi connectivity index (χ3v) is 6.79. The smallest absolute Gasteiger partial charge is 0.266 e. The van der Waals surface area contributed by atoms with Crippen LogP contribution in [0.25, 0.3) is 0 Å². The number of carbonyl (C=O) groups is 5. The molecule has 4 rings (SSSR count). The zero-order valence-corrected chi connectivity index (χ0v) is 23.2. The lowest BCUT2D eigenvalue weighted by molar-refractivity contribution is -0.136. The molecule has 2 aromatic rings. The number of hydrogen-bond acceptors (Lipinski definition) is 8. The number of nitrogens with zero attached hydrogens (tertiary/aromatic N) is 3. The van der Waals surface area contributed by atoms with Gasteiger partial charge in [0, 0.05) is 24.9 Å². The van der Waals surface area contributed by atoms with Crippen molar-refractivity contribution in [2.45, 2.75) is 58.0 Å². The van der Waals surface area contributed by atoms with Crippen molar-refractivity contribution in [1.29, 1.82) is 0 Å². The van der Waals surface area contributed by atoms with Gasteiger partial charge in [0.25, 0.3) is 11.8 Å². The minimum absolute atomic E-state index is 0.0512. The van der Waals surface area contributed by atoms with Crippen molar-refractivity contribution in [3.8, 4) is 5.75 Å². The van der Waals surface area contributed by atoms with Gasteiger partial charge in [-0.2, -0.15) is 0 Å². The van der Waals surface area contributed by atoms with E-state index in [2.05, 4.69) is 20.8 Å². The van der Waals surface area contributed by atoms with Gasteiger partial charge >= 0.3 is 0 Å². The summed E-state index contributed by atoms with van der Waals surface area (Å²) in [6, 6.07) is 11.0. The number of nitrogens with two attached hydrogens (primary N) is 2. The van der Waals surface area contributed by atoms with E-state index in [0.29, 0.717) is 37.2 Å². The van der Waals surface area contributed by atoms with Gasteiger partial charge in [0.05, 0.1) is 17.7 Å². The molecule has 0 spiro atoms. The number of benzene rings is 2. The second-order valence-electron chi connectivity index (χ2n) is 9.99. The summed E-state index contributed by atoms with van der Waals surface area (Å²) in [5.41, 5.74) is 13.2. The van der Waals surface area contributed by atoms with Gasteiger partial charge in [0.1, 0.15) is 17.6 Å². The van der Waals surface area contributed by atoms with Gasteiger partial charge in [0.2, 0.25) is 17.7 Å². The minimum atomic E-state index is -1.03. The monoisotopic (exact) mass is 575 g/mol. The SMILES string of the molecule is C/C(N)=N/N=C(\N)c1ccc(CNC(=O)CCCCCOc2cccc3c2C(=O)N(C2CCC(=O)NC2=O)C3=O)cc1. The highest BCUT2D eigenvalue weighted by Gasteiger charge is 2.45.